The van der Waals surface area contributed by atoms with Crippen molar-refractivity contribution in [2.24, 2.45) is 5.41 Å². The molecule has 0 saturated carbocycles. The quantitative estimate of drug-likeness (QED) is 0.399. The van der Waals surface area contributed by atoms with Crippen LogP contribution in [0, 0.1) is 5.41 Å². The van der Waals surface area contributed by atoms with E-state index in [1.54, 1.807) is 12.1 Å². The zero-order valence-corrected chi connectivity index (χ0v) is 17.4. The van der Waals surface area contributed by atoms with Gasteiger partial charge in [0.2, 0.25) is 0 Å². The molecule has 0 fully saturated rings. The van der Waals surface area contributed by atoms with Crippen LogP contribution < -0.4 is 4.74 Å². The molecule has 1 aromatic rings. The SMILES string of the molecule is CCCCOc1ccc(C(C)(C)CC(C)(C)CC)cc1S(=O)(=O)Cl. The average Bonchev–Trinajstić information content (AvgIpc) is 2.45. The van der Waals surface area contributed by atoms with Gasteiger partial charge in [-0.1, -0.05) is 60.5 Å². The summed E-state index contributed by atoms with van der Waals surface area (Å²) in [6.07, 6.45) is 3.88. The largest absolute Gasteiger partial charge is 0.492 e. The summed E-state index contributed by atoms with van der Waals surface area (Å²) in [5, 5.41) is 0. The topological polar surface area (TPSA) is 43.4 Å². The Balaban J connectivity index is 3.23. The van der Waals surface area contributed by atoms with E-state index in [9.17, 15) is 8.42 Å². The van der Waals surface area contributed by atoms with Crippen LogP contribution in [0.3, 0.4) is 0 Å². The van der Waals surface area contributed by atoms with Gasteiger partial charge in [0.05, 0.1) is 6.61 Å². The first-order chi connectivity index (χ1) is 10.9. The number of ether oxygens (including phenoxy) is 1. The molecule has 0 bridgehead atoms. The fourth-order valence-corrected chi connectivity index (χ4v) is 3.99. The first-order valence-electron chi connectivity index (χ1n) is 8.65. The molecule has 0 aliphatic heterocycles. The molecule has 0 aliphatic carbocycles. The minimum absolute atomic E-state index is 0.0696. The number of rotatable bonds is 9. The highest BCUT2D eigenvalue weighted by Crippen LogP contribution is 2.40. The molecule has 1 rings (SSSR count). The first-order valence-corrected chi connectivity index (χ1v) is 11.0. The molecule has 0 saturated heterocycles. The van der Waals surface area contributed by atoms with Gasteiger partial charge in [0.1, 0.15) is 10.6 Å². The van der Waals surface area contributed by atoms with Crippen molar-refractivity contribution in [1.82, 2.24) is 0 Å². The van der Waals surface area contributed by atoms with Crippen molar-refractivity contribution in [3.8, 4) is 5.75 Å². The summed E-state index contributed by atoms with van der Waals surface area (Å²) in [6, 6.07) is 5.37. The van der Waals surface area contributed by atoms with Crippen molar-refractivity contribution in [2.75, 3.05) is 6.61 Å². The van der Waals surface area contributed by atoms with E-state index in [1.807, 2.05) is 6.07 Å². The fraction of sp³-hybridized carbons (Fsp3) is 0.684. The second-order valence-electron chi connectivity index (χ2n) is 7.88. The van der Waals surface area contributed by atoms with Crippen molar-refractivity contribution in [1.29, 1.82) is 0 Å². The van der Waals surface area contributed by atoms with Gasteiger partial charge >= 0.3 is 0 Å². The van der Waals surface area contributed by atoms with Gasteiger partial charge in [0.15, 0.2) is 0 Å². The Morgan fingerprint density at radius 2 is 1.75 bits per heavy atom. The summed E-state index contributed by atoms with van der Waals surface area (Å²) >= 11 is 0. The molecule has 0 spiro atoms. The average molecular weight is 375 g/mol. The van der Waals surface area contributed by atoms with Crippen molar-refractivity contribution in [3.05, 3.63) is 23.8 Å². The molecule has 24 heavy (non-hydrogen) atoms. The van der Waals surface area contributed by atoms with Crippen LogP contribution in [-0.4, -0.2) is 15.0 Å². The lowest BCUT2D eigenvalue weighted by Crippen LogP contribution is -2.26. The number of halogens is 1. The van der Waals surface area contributed by atoms with Crippen LogP contribution in [0.2, 0.25) is 0 Å². The molecular formula is C19H31ClO3S. The summed E-state index contributed by atoms with van der Waals surface area (Å²) in [7, 11) is 1.80. The maximum Gasteiger partial charge on any atom is 0.264 e. The molecule has 0 N–H and O–H groups in total. The summed E-state index contributed by atoms with van der Waals surface area (Å²) in [4.78, 5) is 0.0696. The molecule has 5 heteroatoms. The summed E-state index contributed by atoms with van der Waals surface area (Å²) in [6.45, 7) is 13.5. The Morgan fingerprint density at radius 1 is 1.12 bits per heavy atom. The Labute approximate surface area is 152 Å². The van der Waals surface area contributed by atoms with E-state index in [2.05, 4.69) is 41.5 Å². The highest BCUT2D eigenvalue weighted by molar-refractivity contribution is 8.13. The van der Waals surface area contributed by atoms with E-state index in [0.29, 0.717) is 12.4 Å². The highest BCUT2D eigenvalue weighted by atomic mass is 35.7. The Hall–Kier alpha value is -0.740. The van der Waals surface area contributed by atoms with Gasteiger partial charge in [0.25, 0.3) is 9.05 Å². The maximum absolute atomic E-state index is 12.0. The molecule has 1 aromatic carbocycles. The molecule has 138 valence electrons. The van der Waals surface area contributed by atoms with Crippen molar-refractivity contribution < 1.29 is 13.2 Å². The number of hydrogen-bond donors (Lipinski definition) is 0. The Bertz CT molecular complexity index is 649. The number of unbranched alkanes of at least 4 members (excludes halogenated alkanes) is 1. The van der Waals surface area contributed by atoms with Crippen molar-refractivity contribution >= 4 is 19.7 Å². The normalized spacial score (nSPS) is 13.1. The molecule has 0 unspecified atom stereocenters. The minimum atomic E-state index is -3.86. The molecule has 0 amide bonds. The van der Waals surface area contributed by atoms with Crippen molar-refractivity contribution in [2.45, 2.75) is 77.5 Å². The van der Waals surface area contributed by atoms with Gasteiger partial charge in [-0.2, -0.15) is 0 Å². The van der Waals surface area contributed by atoms with Crippen LogP contribution in [0.15, 0.2) is 23.1 Å². The zero-order chi connectivity index (χ0) is 18.6. The monoisotopic (exact) mass is 374 g/mol. The predicted octanol–water partition coefficient (Wildman–Crippen LogP) is 5.90. The van der Waals surface area contributed by atoms with Crippen molar-refractivity contribution in [3.63, 3.8) is 0 Å². The van der Waals surface area contributed by atoms with E-state index < -0.39 is 9.05 Å². The standard InChI is InChI=1S/C19H31ClO3S/c1-7-9-12-23-16-11-10-15(13-17(16)24(20,21)22)19(5,6)14-18(3,4)8-2/h10-11,13H,7-9,12,14H2,1-6H3. The molecule has 0 aliphatic rings. The van der Waals surface area contributed by atoms with Crippen LogP contribution in [-0.2, 0) is 14.5 Å². The van der Waals surface area contributed by atoms with Gasteiger partial charge in [-0.3, -0.25) is 0 Å². The van der Waals surface area contributed by atoms with E-state index in [4.69, 9.17) is 15.4 Å². The lowest BCUT2D eigenvalue weighted by molar-refractivity contribution is 0.247. The van der Waals surface area contributed by atoms with E-state index in [0.717, 1.165) is 31.2 Å². The predicted molar refractivity (Wildman–Crippen MR) is 102 cm³/mol. The van der Waals surface area contributed by atoms with Gasteiger partial charge in [-0.05, 0) is 41.4 Å². The van der Waals surface area contributed by atoms with Gasteiger partial charge < -0.3 is 4.74 Å². The first kappa shape index (κ1) is 21.3. The van der Waals surface area contributed by atoms with Crippen LogP contribution in [0.4, 0.5) is 0 Å². The van der Waals surface area contributed by atoms with Crippen LogP contribution in [0.25, 0.3) is 0 Å². The van der Waals surface area contributed by atoms with Crippen LogP contribution in [0.1, 0.15) is 72.8 Å². The van der Waals surface area contributed by atoms with Crippen LogP contribution >= 0.6 is 10.7 Å². The minimum Gasteiger partial charge on any atom is -0.492 e. The number of benzene rings is 1. The summed E-state index contributed by atoms with van der Waals surface area (Å²) < 4.78 is 29.6. The lowest BCUT2D eigenvalue weighted by atomic mass is 9.70. The second-order valence-corrected chi connectivity index (χ2v) is 10.4. The highest BCUT2D eigenvalue weighted by Gasteiger charge is 2.30. The molecule has 0 heterocycles. The maximum atomic E-state index is 12.0. The van der Waals surface area contributed by atoms with Gasteiger partial charge in [-0.25, -0.2) is 8.42 Å². The Kier molecular flexibility index (Phi) is 7.18. The van der Waals surface area contributed by atoms with Gasteiger partial charge in [-0.15, -0.1) is 0 Å². The molecule has 0 radical (unpaired) electrons. The number of hydrogen-bond acceptors (Lipinski definition) is 3. The molecule has 3 nitrogen and oxygen atoms in total. The van der Waals surface area contributed by atoms with E-state index in [-0.39, 0.29) is 15.7 Å². The third kappa shape index (κ3) is 5.96. The van der Waals surface area contributed by atoms with Gasteiger partial charge in [0, 0.05) is 10.7 Å². The fourth-order valence-electron chi connectivity index (χ4n) is 2.99. The second kappa shape index (κ2) is 8.09. The Morgan fingerprint density at radius 3 is 2.25 bits per heavy atom. The van der Waals surface area contributed by atoms with Crippen LogP contribution in [0.5, 0.6) is 5.75 Å². The molecule has 0 aromatic heterocycles. The lowest BCUT2D eigenvalue weighted by Gasteiger charge is -2.35. The molecule has 0 atom stereocenters. The summed E-state index contributed by atoms with van der Waals surface area (Å²) in [5.74, 6) is 0.341. The third-order valence-corrected chi connectivity index (χ3v) is 5.96. The smallest absolute Gasteiger partial charge is 0.264 e. The van der Waals surface area contributed by atoms with E-state index in [1.165, 1.54) is 0 Å². The van der Waals surface area contributed by atoms with E-state index >= 15 is 0 Å². The zero-order valence-electron chi connectivity index (χ0n) is 15.8. The third-order valence-electron chi connectivity index (χ3n) is 4.62. The molecular weight excluding hydrogens is 344 g/mol. The summed E-state index contributed by atoms with van der Waals surface area (Å²) in [5.41, 5.74) is 0.989.